The van der Waals surface area contributed by atoms with Crippen LogP contribution in [0.3, 0.4) is 0 Å². The number of phenolic OH excluding ortho intramolecular Hbond substituents is 1. The number of aliphatic carboxylic acids is 1. The van der Waals surface area contributed by atoms with Crippen molar-refractivity contribution in [1.82, 2.24) is 0 Å². The molecule has 7 heteroatoms. The van der Waals surface area contributed by atoms with Crippen molar-refractivity contribution in [2.24, 2.45) is 0 Å². The zero-order valence-electron chi connectivity index (χ0n) is 9.48. The molecule has 0 radical (unpaired) electrons. The molecule has 0 aromatic heterocycles. The van der Waals surface area contributed by atoms with Gasteiger partial charge >= 0.3 is 5.97 Å². The predicted molar refractivity (Wildman–Crippen MR) is 67.1 cm³/mol. The van der Waals surface area contributed by atoms with E-state index in [9.17, 15) is 13.2 Å². The molecule has 0 spiro atoms. The molecule has 98 valence electrons. The van der Waals surface area contributed by atoms with Crippen molar-refractivity contribution in [1.29, 1.82) is 0 Å². The highest BCUT2D eigenvalue weighted by molar-refractivity contribution is 7.92. The Morgan fingerprint density at radius 2 is 1.89 bits per heavy atom. The third-order valence-electron chi connectivity index (χ3n) is 2.08. The molecule has 0 atom stereocenters. The van der Waals surface area contributed by atoms with Crippen LogP contribution in [0.25, 0.3) is 0 Å². The molecule has 0 aliphatic heterocycles. The molecule has 0 heterocycles. The van der Waals surface area contributed by atoms with Gasteiger partial charge in [-0.1, -0.05) is 6.08 Å². The van der Waals surface area contributed by atoms with Gasteiger partial charge in [-0.15, -0.1) is 6.58 Å². The Hall–Kier alpha value is -2.02. The van der Waals surface area contributed by atoms with E-state index in [-0.39, 0.29) is 17.2 Å². The Morgan fingerprint density at radius 1 is 1.33 bits per heavy atom. The summed E-state index contributed by atoms with van der Waals surface area (Å²) in [5, 5.41) is 17.9. The van der Waals surface area contributed by atoms with Gasteiger partial charge in [0.2, 0.25) is 10.0 Å². The summed E-state index contributed by atoms with van der Waals surface area (Å²) in [6.45, 7) is 2.64. The second-order valence-electron chi connectivity index (χ2n) is 3.48. The van der Waals surface area contributed by atoms with E-state index in [1.54, 1.807) is 0 Å². The summed E-state index contributed by atoms with van der Waals surface area (Å²) in [4.78, 5) is 10.7. The molecule has 0 saturated carbocycles. The van der Waals surface area contributed by atoms with Gasteiger partial charge in [0.1, 0.15) is 12.3 Å². The topological polar surface area (TPSA) is 94.9 Å². The molecule has 1 rings (SSSR count). The van der Waals surface area contributed by atoms with Crippen LogP contribution in [-0.2, 0) is 14.8 Å². The van der Waals surface area contributed by atoms with Gasteiger partial charge in [-0.3, -0.25) is 9.10 Å². The Kier molecular flexibility index (Phi) is 4.33. The van der Waals surface area contributed by atoms with Crippen molar-refractivity contribution < 1.29 is 23.4 Å². The lowest BCUT2D eigenvalue weighted by Gasteiger charge is -2.21. The summed E-state index contributed by atoms with van der Waals surface area (Å²) in [6, 6.07) is 5.24. The summed E-state index contributed by atoms with van der Waals surface area (Å²) >= 11 is 0. The number of carbonyl (C=O) groups is 1. The monoisotopic (exact) mass is 271 g/mol. The number of carboxylic acid groups (broad SMARTS) is 1. The van der Waals surface area contributed by atoms with Crippen LogP contribution in [0.5, 0.6) is 5.75 Å². The number of sulfonamides is 1. The van der Waals surface area contributed by atoms with Crippen molar-refractivity contribution in [2.75, 3.05) is 16.6 Å². The summed E-state index contributed by atoms with van der Waals surface area (Å²) in [7, 11) is -3.78. The maximum absolute atomic E-state index is 11.9. The molecule has 0 fully saturated rings. The maximum atomic E-state index is 11.9. The SMILES string of the molecule is C=CCS(=O)(=O)N(CC(=O)O)c1ccc(O)cc1. The first-order valence-electron chi connectivity index (χ1n) is 4.99. The molecule has 1 aromatic rings. The van der Waals surface area contributed by atoms with Crippen LogP contribution in [0.2, 0.25) is 0 Å². The molecule has 2 N–H and O–H groups in total. The van der Waals surface area contributed by atoms with Gasteiger partial charge < -0.3 is 10.2 Å². The molecule has 0 saturated heterocycles. The molecule has 1 aromatic carbocycles. The van der Waals surface area contributed by atoms with Gasteiger partial charge in [0.05, 0.1) is 11.4 Å². The Balaban J connectivity index is 3.17. The zero-order valence-corrected chi connectivity index (χ0v) is 10.3. The number of hydrogen-bond acceptors (Lipinski definition) is 4. The number of anilines is 1. The number of carboxylic acids is 1. The van der Waals surface area contributed by atoms with E-state index in [0.29, 0.717) is 0 Å². The molecule has 0 amide bonds. The lowest BCUT2D eigenvalue weighted by molar-refractivity contribution is -0.135. The van der Waals surface area contributed by atoms with Crippen LogP contribution in [-0.4, -0.2) is 36.9 Å². The van der Waals surface area contributed by atoms with Crippen LogP contribution >= 0.6 is 0 Å². The summed E-state index contributed by atoms with van der Waals surface area (Å²) < 4.78 is 24.5. The van der Waals surface area contributed by atoms with Crippen molar-refractivity contribution in [2.45, 2.75) is 0 Å². The molecule has 18 heavy (non-hydrogen) atoms. The molecule has 0 bridgehead atoms. The minimum Gasteiger partial charge on any atom is -0.508 e. The fourth-order valence-corrected chi connectivity index (χ4v) is 2.56. The first kappa shape index (κ1) is 14.0. The summed E-state index contributed by atoms with van der Waals surface area (Å²) in [6.07, 6.45) is 1.19. The van der Waals surface area contributed by atoms with E-state index in [0.717, 1.165) is 4.31 Å². The first-order valence-corrected chi connectivity index (χ1v) is 6.60. The summed E-state index contributed by atoms with van der Waals surface area (Å²) in [5.74, 6) is -1.66. The number of phenols is 1. The van der Waals surface area contributed by atoms with Gasteiger partial charge in [-0.2, -0.15) is 0 Å². The Morgan fingerprint density at radius 3 is 2.33 bits per heavy atom. The lowest BCUT2D eigenvalue weighted by Crippen LogP contribution is -2.36. The number of nitrogens with zero attached hydrogens (tertiary/aromatic N) is 1. The fourth-order valence-electron chi connectivity index (χ4n) is 1.33. The third kappa shape index (κ3) is 3.49. The van der Waals surface area contributed by atoms with E-state index in [1.807, 2.05) is 0 Å². The van der Waals surface area contributed by atoms with Gasteiger partial charge in [-0.05, 0) is 24.3 Å². The van der Waals surface area contributed by atoms with Gasteiger partial charge in [0.15, 0.2) is 0 Å². The number of rotatable bonds is 6. The second kappa shape index (κ2) is 5.54. The van der Waals surface area contributed by atoms with Crippen LogP contribution in [0.1, 0.15) is 0 Å². The van der Waals surface area contributed by atoms with Crippen molar-refractivity contribution in [3.05, 3.63) is 36.9 Å². The quantitative estimate of drug-likeness (QED) is 0.746. The van der Waals surface area contributed by atoms with E-state index in [1.165, 1.54) is 30.3 Å². The number of hydrogen-bond donors (Lipinski definition) is 2. The molecule has 0 aliphatic rings. The highest BCUT2D eigenvalue weighted by Gasteiger charge is 2.23. The molecular weight excluding hydrogens is 258 g/mol. The minimum absolute atomic E-state index is 0.0323. The van der Waals surface area contributed by atoms with Crippen molar-refractivity contribution >= 4 is 21.7 Å². The van der Waals surface area contributed by atoms with Gasteiger partial charge in [0.25, 0.3) is 0 Å². The van der Waals surface area contributed by atoms with Gasteiger partial charge in [-0.25, -0.2) is 8.42 Å². The highest BCUT2D eigenvalue weighted by Crippen LogP contribution is 2.21. The fraction of sp³-hybridized carbons (Fsp3) is 0.182. The third-order valence-corrected chi connectivity index (χ3v) is 3.75. The molecule has 0 unspecified atom stereocenters. The predicted octanol–water partition coefficient (Wildman–Crippen LogP) is 0.799. The zero-order chi connectivity index (χ0) is 13.8. The number of benzene rings is 1. The number of aromatic hydroxyl groups is 1. The molecule has 0 aliphatic carbocycles. The van der Waals surface area contributed by atoms with Crippen molar-refractivity contribution in [3.63, 3.8) is 0 Å². The summed E-state index contributed by atoms with van der Waals surface area (Å²) in [5.41, 5.74) is 0.178. The highest BCUT2D eigenvalue weighted by atomic mass is 32.2. The molecular formula is C11H13NO5S. The van der Waals surface area contributed by atoms with E-state index >= 15 is 0 Å². The average Bonchev–Trinajstić information content (AvgIpc) is 2.27. The second-order valence-corrected chi connectivity index (χ2v) is 5.42. The van der Waals surface area contributed by atoms with Crippen molar-refractivity contribution in [3.8, 4) is 5.75 Å². The van der Waals surface area contributed by atoms with E-state index in [2.05, 4.69) is 6.58 Å². The van der Waals surface area contributed by atoms with Crippen LogP contribution < -0.4 is 4.31 Å². The standard InChI is InChI=1S/C11H13NO5S/c1-2-7-18(16,17)12(8-11(14)15)9-3-5-10(13)6-4-9/h2-6,13H,1,7-8H2,(H,14,15). The lowest BCUT2D eigenvalue weighted by atomic mass is 10.3. The first-order chi connectivity index (χ1) is 8.36. The minimum atomic E-state index is -3.78. The normalized spacial score (nSPS) is 10.9. The van der Waals surface area contributed by atoms with Crippen LogP contribution in [0.4, 0.5) is 5.69 Å². The largest absolute Gasteiger partial charge is 0.508 e. The van der Waals surface area contributed by atoms with Crippen LogP contribution in [0.15, 0.2) is 36.9 Å². The molecule has 6 nitrogen and oxygen atoms in total. The Labute approximate surface area is 105 Å². The smallest absolute Gasteiger partial charge is 0.324 e. The van der Waals surface area contributed by atoms with E-state index in [4.69, 9.17) is 10.2 Å². The maximum Gasteiger partial charge on any atom is 0.324 e. The average molecular weight is 271 g/mol. The Bertz CT molecular complexity index is 535. The van der Waals surface area contributed by atoms with E-state index < -0.39 is 22.5 Å². The van der Waals surface area contributed by atoms with Crippen LogP contribution in [0, 0.1) is 0 Å². The van der Waals surface area contributed by atoms with Gasteiger partial charge in [0, 0.05) is 0 Å².